The second-order valence-corrected chi connectivity index (χ2v) is 5.86. The first-order chi connectivity index (χ1) is 13.2. The van der Waals surface area contributed by atoms with E-state index in [2.05, 4.69) is 30.6 Å². The summed E-state index contributed by atoms with van der Waals surface area (Å²) in [6.45, 7) is 0.338. The molecular formula is C18H15N7O2. The van der Waals surface area contributed by atoms with Crippen molar-refractivity contribution in [2.75, 3.05) is 0 Å². The first-order valence-corrected chi connectivity index (χ1v) is 8.23. The minimum absolute atomic E-state index is 0.0712. The van der Waals surface area contributed by atoms with Gasteiger partial charge < -0.3 is 5.32 Å². The molecule has 0 fully saturated rings. The Hall–Kier alpha value is -3.88. The van der Waals surface area contributed by atoms with Crippen molar-refractivity contribution in [3.63, 3.8) is 0 Å². The van der Waals surface area contributed by atoms with E-state index in [1.54, 1.807) is 41.5 Å². The zero-order valence-corrected chi connectivity index (χ0v) is 14.2. The molecule has 27 heavy (non-hydrogen) atoms. The summed E-state index contributed by atoms with van der Waals surface area (Å²) in [5.74, 6) is 0.451. The van der Waals surface area contributed by atoms with Crippen LogP contribution in [0.5, 0.6) is 0 Å². The summed E-state index contributed by atoms with van der Waals surface area (Å²) in [6.07, 6.45) is 4.74. The van der Waals surface area contributed by atoms with Crippen molar-refractivity contribution in [2.24, 2.45) is 0 Å². The SMILES string of the molecule is O=C(Cc1n[nH]c(=O)c2ccccc12)NCc1ccc(-n2cncn2)nc1. The van der Waals surface area contributed by atoms with Crippen molar-refractivity contribution in [1.82, 2.24) is 35.3 Å². The second-order valence-electron chi connectivity index (χ2n) is 5.86. The number of H-pyrrole nitrogens is 1. The molecule has 0 aliphatic rings. The molecule has 3 heterocycles. The topological polar surface area (TPSA) is 118 Å². The highest BCUT2D eigenvalue weighted by Crippen LogP contribution is 2.12. The van der Waals surface area contributed by atoms with Crippen molar-refractivity contribution >= 4 is 16.7 Å². The lowest BCUT2D eigenvalue weighted by Crippen LogP contribution is -2.26. The van der Waals surface area contributed by atoms with Gasteiger partial charge in [-0.3, -0.25) is 9.59 Å². The molecular weight excluding hydrogens is 346 g/mol. The number of benzene rings is 1. The van der Waals surface area contributed by atoms with Gasteiger partial charge in [-0.05, 0) is 17.7 Å². The molecule has 0 aliphatic heterocycles. The minimum atomic E-state index is -0.270. The first-order valence-electron chi connectivity index (χ1n) is 8.23. The van der Waals surface area contributed by atoms with Crippen molar-refractivity contribution in [1.29, 1.82) is 0 Å². The molecule has 4 aromatic rings. The van der Waals surface area contributed by atoms with Crippen LogP contribution in [-0.2, 0) is 17.8 Å². The highest BCUT2D eigenvalue weighted by molar-refractivity contribution is 5.88. The number of pyridine rings is 1. The first kappa shape index (κ1) is 16.6. The number of carbonyl (C=O) groups excluding carboxylic acids is 1. The molecule has 0 aliphatic carbocycles. The third-order valence-electron chi connectivity index (χ3n) is 4.06. The van der Waals surface area contributed by atoms with Crippen LogP contribution in [0.4, 0.5) is 0 Å². The molecule has 1 amide bonds. The van der Waals surface area contributed by atoms with E-state index in [9.17, 15) is 9.59 Å². The van der Waals surface area contributed by atoms with Crippen LogP contribution in [0, 0.1) is 0 Å². The number of aromatic nitrogens is 6. The normalized spacial score (nSPS) is 10.8. The Kier molecular flexibility index (Phi) is 4.40. The summed E-state index contributed by atoms with van der Waals surface area (Å²) in [6, 6.07) is 10.7. The Morgan fingerprint density at radius 1 is 1.15 bits per heavy atom. The van der Waals surface area contributed by atoms with E-state index >= 15 is 0 Å². The van der Waals surface area contributed by atoms with Crippen molar-refractivity contribution in [3.8, 4) is 5.82 Å². The molecule has 134 valence electrons. The monoisotopic (exact) mass is 361 g/mol. The number of hydrogen-bond acceptors (Lipinski definition) is 6. The van der Waals surface area contributed by atoms with E-state index in [1.165, 1.54) is 6.33 Å². The summed E-state index contributed by atoms with van der Waals surface area (Å²) in [4.78, 5) is 32.3. The lowest BCUT2D eigenvalue weighted by atomic mass is 10.1. The lowest BCUT2D eigenvalue weighted by molar-refractivity contribution is -0.120. The molecule has 0 atom stereocenters. The molecule has 9 heteroatoms. The van der Waals surface area contributed by atoms with Crippen LogP contribution in [0.15, 0.2) is 60.0 Å². The fourth-order valence-corrected chi connectivity index (χ4v) is 2.70. The Balaban J connectivity index is 1.42. The van der Waals surface area contributed by atoms with Crippen LogP contribution < -0.4 is 10.9 Å². The fraction of sp³-hybridized carbons (Fsp3) is 0.111. The van der Waals surface area contributed by atoms with E-state index in [1.807, 2.05) is 12.1 Å². The van der Waals surface area contributed by atoms with Crippen LogP contribution in [0.2, 0.25) is 0 Å². The largest absolute Gasteiger partial charge is 0.352 e. The van der Waals surface area contributed by atoms with Gasteiger partial charge in [-0.1, -0.05) is 24.3 Å². The van der Waals surface area contributed by atoms with Gasteiger partial charge in [0.05, 0.1) is 17.5 Å². The van der Waals surface area contributed by atoms with Crippen LogP contribution in [0.3, 0.4) is 0 Å². The van der Waals surface area contributed by atoms with Crippen LogP contribution in [0.1, 0.15) is 11.3 Å². The summed E-state index contributed by atoms with van der Waals surface area (Å²) >= 11 is 0. The summed E-state index contributed by atoms with van der Waals surface area (Å²) in [5.41, 5.74) is 1.11. The van der Waals surface area contributed by atoms with Gasteiger partial charge in [0.1, 0.15) is 12.7 Å². The molecule has 4 rings (SSSR count). The molecule has 0 saturated heterocycles. The smallest absolute Gasteiger partial charge is 0.272 e. The Morgan fingerprint density at radius 2 is 2.00 bits per heavy atom. The molecule has 9 nitrogen and oxygen atoms in total. The lowest BCUT2D eigenvalue weighted by Gasteiger charge is -2.07. The highest BCUT2D eigenvalue weighted by Gasteiger charge is 2.10. The fourth-order valence-electron chi connectivity index (χ4n) is 2.70. The van der Waals surface area contributed by atoms with Crippen molar-refractivity contribution in [3.05, 3.63) is 76.9 Å². The third-order valence-corrected chi connectivity index (χ3v) is 4.06. The molecule has 2 N–H and O–H groups in total. The Bertz CT molecular complexity index is 1130. The van der Waals surface area contributed by atoms with Gasteiger partial charge >= 0.3 is 0 Å². The maximum Gasteiger partial charge on any atom is 0.272 e. The van der Waals surface area contributed by atoms with Gasteiger partial charge in [-0.25, -0.2) is 19.7 Å². The molecule has 0 saturated carbocycles. The number of nitrogens with zero attached hydrogens (tertiary/aromatic N) is 5. The predicted octanol–water partition coefficient (Wildman–Crippen LogP) is 0.758. The van der Waals surface area contributed by atoms with Gasteiger partial charge in [-0.15, -0.1) is 0 Å². The van der Waals surface area contributed by atoms with Gasteiger partial charge in [-0.2, -0.15) is 10.2 Å². The van der Waals surface area contributed by atoms with Gasteiger partial charge in [0.15, 0.2) is 5.82 Å². The zero-order chi connectivity index (χ0) is 18.6. The predicted molar refractivity (Wildman–Crippen MR) is 97.1 cm³/mol. The number of rotatable bonds is 5. The quantitative estimate of drug-likeness (QED) is 0.542. The van der Waals surface area contributed by atoms with Crippen LogP contribution >= 0.6 is 0 Å². The van der Waals surface area contributed by atoms with Crippen LogP contribution in [0.25, 0.3) is 16.6 Å². The van der Waals surface area contributed by atoms with Gasteiger partial charge in [0, 0.05) is 18.1 Å². The Morgan fingerprint density at radius 3 is 2.74 bits per heavy atom. The zero-order valence-electron chi connectivity index (χ0n) is 14.2. The maximum absolute atomic E-state index is 12.3. The van der Waals surface area contributed by atoms with E-state index in [-0.39, 0.29) is 17.9 Å². The van der Waals surface area contributed by atoms with Gasteiger partial charge in [0.2, 0.25) is 5.91 Å². The molecule has 0 spiro atoms. The molecule has 1 aromatic carbocycles. The molecule has 0 unspecified atom stereocenters. The van der Waals surface area contributed by atoms with E-state index < -0.39 is 0 Å². The molecule has 3 aromatic heterocycles. The van der Waals surface area contributed by atoms with Crippen molar-refractivity contribution < 1.29 is 4.79 Å². The minimum Gasteiger partial charge on any atom is -0.352 e. The van der Waals surface area contributed by atoms with Gasteiger partial charge in [0.25, 0.3) is 5.56 Å². The average Bonchev–Trinajstić information content (AvgIpc) is 3.24. The van der Waals surface area contributed by atoms with E-state index in [0.717, 1.165) is 5.56 Å². The third kappa shape index (κ3) is 3.56. The Labute approximate surface area is 153 Å². The summed E-state index contributed by atoms with van der Waals surface area (Å²) < 4.78 is 1.55. The molecule has 0 radical (unpaired) electrons. The van der Waals surface area contributed by atoms with Crippen LogP contribution in [-0.4, -0.2) is 35.9 Å². The average molecular weight is 361 g/mol. The standard InChI is InChI=1S/C18H15N7O2/c26-17(7-15-13-3-1-2-4-14(13)18(27)24-23-15)21-9-12-5-6-16(20-8-12)25-11-19-10-22-25/h1-6,8,10-11H,7,9H2,(H,21,26)(H,24,27). The summed E-state index contributed by atoms with van der Waals surface area (Å²) in [5, 5.41) is 14.5. The number of carbonyl (C=O) groups is 1. The van der Waals surface area contributed by atoms with E-state index in [0.29, 0.717) is 28.8 Å². The number of hydrogen-bond donors (Lipinski definition) is 2. The van der Waals surface area contributed by atoms with Crippen molar-refractivity contribution in [2.45, 2.75) is 13.0 Å². The molecule has 0 bridgehead atoms. The number of nitrogens with one attached hydrogen (secondary N) is 2. The maximum atomic E-state index is 12.3. The number of aromatic amines is 1. The summed E-state index contributed by atoms with van der Waals surface area (Å²) in [7, 11) is 0. The number of fused-ring (bicyclic) bond motifs is 1. The second kappa shape index (κ2) is 7.16. The highest BCUT2D eigenvalue weighted by atomic mass is 16.1. The number of amides is 1. The van der Waals surface area contributed by atoms with E-state index in [4.69, 9.17) is 0 Å².